The molecule has 12 heavy (non-hydrogen) atoms. The number of aromatic nitrogens is 4. The lowest BCUT2D eigenvalue weighted by Crippen LogP contribution is -2.01. The van der Waals surface area contributed by atoms with Crippen LogP contribution in [0.1, 0.15) is 0 Å². The maximum atomic E-state index is 5.61. The van der Waals surface area contributed by atoms with Crippen LogP contribution in [0, 0.1) is 0 Å². The zero-order chi connectivity index (χ0) is 8.39. The molecule has 0 bridgehead atoms. The van der Waals surface area contributed by atoms with Crippen molar-refractivity contribution in [3.8, 4) is 5.69 Å². The Morgan fingerprint density at radius 3 is 2.92 bits per heavy atom. The number of pyridine rings is 1. The van der Waals surface area contributed by atoms with Crippen molar-refractivity contribution < 1.29 is 0 Å². The Balaban J connectivity index is 2.55. The monoisotopic (exact) mass is 161 g/mol. The van der Waals surface area contributed by atoms with Crippen LogP contribution in [0.25, 0.3) is 5.69 Å². The van der Waals surface area contributed by atoms with Gasteiger partial charge in [-0.1, -0.05) is 5.21 Å². The third-order valence-corrected chi connectivity index (χ3v) is 1.49. The highest BCUT2D eigenvalue weighted by molar-refractivity contribution is 5.50. The van der Waals surface area contributed by atoms with Gasteiger partial charge in [0, 0.05) is 6.20 Å². The summed E-state index contributed by atoms with van der Waals surface area (Å²) in [6.45, 7) is 0. The second kappa shape index (κ2) is 2.61. The summed E-state index contributed by atoms with van der Waals surface area (Å²) in [7, 11) is 0. The van der Waals surface area contributed by atoms with Gasteiger partial charge in [-0.2, -0.15) is 0 Å². The summed E-state index contributed by atoms with van der Waals surface area (Å²) in [6.07, 6.45) is 4.94. The van der Waals surface area contributed by atoms with Crippen molar-refractivity contribution in [3.05, 3.63) is 30.7 Å². The van der Waals surface area contributed by atoms with Gasteiger partial charge in [-0.3, -0.25) is 0 Å². The molecule has 0 aliphatic rings. The number of nitrogen functional groups attached to an aromatic ring is 1. The van der Waals surface area contributed by atoms with Crippen LogP contribution >= 0.6 is 0 Å². The highest BCUT2D eigenvalue weighted by Crippen LogP contribution is 2.10. The molecule has 0 spiro atoms. The lowest BCUT2D eigenvalue weighted by atomic mass is 10.4. The lowest BCUT2D eigenvalue weighted by molar-refractivity contribution is 0.802. The summed E-state index contributed by atoms with van der Waals surface area (Å²) in [6, 6.07) is 3.63. The van der Waals surface area contributed by atoms with E-state index in [4.69, 9.17) is 5.73 Å². The molecule has 2 rings (SSSR count). The predicted molar refractivity (Wildman–Crippen MR) is 43.6 cm³/mol. The van der Waals surface area contributed by atoms with Gasteiger partial charge < -0.3 is 5.73 Å². The van der Waals surface area contributed by atoms with Crippen LogP contribution in [0.4, 0.5) is 5.82 Å². The van der Waals surface area contributed by atoms with Crippen molar-refractivity contribution >= 4 is 5.82 Å². The molecular weight excluding hydrogens is 154 g/mol. The minimum absolute atomic E-state index is 0.447. The molecule has 5 heteroatoms. The molecule has 0 amide bonds. The highest BCUT2D eigenvalue weighted by atomic mass is 15.4. The number of anilines is 1. The second-order valence-corrected chi connectivity index (χ2v) is 2.26. The van der Waals surface area contributed by atoms with E-state index in [1.807, 2.05) is 6.07 Å². The van der Waals surface area contributed by atoms with Crippen LogP contribution in [0.5, 0.6) is 0 Å². The van der Waals surface area contributed by atoms with Crippen LogP contribution in [-0.2, 0) is 0 Å². The van der Waals surface area contributed by atoms with Crippen molar-refractivity contribution in [1.82, 2.24) is 20.0 Å². The minimum atomic E-state index is 0.447. The fraction of sp³-hybridized carbons (Fsp3) is 0. The quantitative estimate of drug-likeness (QED) is 0.650. The molecule has 0 saturated heterocycles. The molecule has 0 aliphatic heterocycles. The Kier molecular flexibility index (Phi) is 1.48. The smallest absolute Gasteiger partial charge is 0.149 e. The van der Waals surface area contributed by atoms with Crippen molar-refractivity contribution in [2.45, 2.75) is 0 Å². The van der Waals surface area contributed by atoms with Gasteiger partial charge in [0.25, 0.3) is 0 Å². The minimum Gasteiger partial charge on any atom is -0.382 e. The standard InChI is InChI=1S/C7H7N5/c8-7-6(2-1-3-9-7)12-5-4-10-11-12/h1-5H,(H2,8,9). The number of hydrogen-bond acceptors (Lipinski definition) is 4. The van der Waals surface area contributed by atoms with Crippen LogP contribution in [0.15, 0.2) is 30.7 Å². The molecule has 2 aromatic heterocycles. The molecule has 0 saturated carbocycles. The maximum absolute atomic E-state index is 5.61. The topological polar surface area (TPSA) is 69.6 Å². The number of nitrogens with two attached hydrogens (primary N) is 1. The van der Waals surface area contributed by atoms with Gasteiger partial charge in [0.05, 0.1) is 12.4 Å². The van der Waals surface area contributed by atoms with Gasteiger partial charge >= 0.3 is 0 Å². The maximum Gasteiger partial charge on any atom is 0.149 e. The number of nitrogens with zero attached hydrogens (tertiary/aromatic N) is 4. The Morgan fingerprint density at radius 1 is 1.33 bits per heavy atom. The van der Waals surface area contributed by atoms with Gasteiger partial charge in [0.2, 0.25) is 0 Å². The molecule has 0 unspecified atom stereocenters. The molecule has 2 aromatic rings. The summed E-state index contributed by atoms with van der Waals surface area (Å²) >= 11 is 0. The van der Waals surface area contributed by atoms with Crippen LogP contribution in [0.2, 0.25) is 0 Å². The highest BCUT2D eigenvalue weighted by Gasteiger charge is 2.00. The fourth-order valence-corrected chi connectivity index (χ4v) is 0.939. The van der Waals surface area contributed by atoms with Crippen molar-refractivity contribution in [2.75, 3.05) is 5.73 Å². The molecule has 2 N–H and O–H groups in total. The van der Waals surface area contributed by atoms with E-state index in [1.54, 1.807) is 29.3 Å². The van der Waals surface area contributed by atoms with E-state index in [2.05, 4.69) is 15.3 Å². The molecule has 0 radical (unpaired) electrons. The average Bonchev–Trinajstić information content (AvgIpc) is 2.57. The number of rotatable bonds is 1. The molecule has 5 nitrogen and oxygen atoms in total. The first kappa shape index (κ1) is 6.78. The molecule has 0 aromatic carbocycles. The largest absolute Gasteiger partial charge is 0.382 e. The van der Waals surface area contributed by atoms with E-state index in [0.717, 1.165) is 5.69 Å². The molecule has 0 atom stereocenters. The van der Waals surface area contributed by atoms with Crippen molar-refractivity contribution in [3.63, 3.8) is 0 Å². The van der Waals surface area contributed by atoms with Crippen molar-refractivity contribution in [2.24, 2.45) is 0 Å². The summed E-state index contributed by atoms with van der Waals surface area (Å²) in [5.74, 6) is 0.447. The van der Waals surface area contributed by atoms with Crippen molar-refractivity contribution in [1.29, 1.82) is 0 Å². The van der Waals surface area contributed by atoms with Gasteiger partial charge in [-0.15, -0.1) is 5.10 Å². The van der Waals surface area contributed by atoms with Gasteiger partial charge in [0.1, 0.15) is 11.5 Å². The third kappa shape index (κ3) is 1.01. The molecule has 60 valence electrons. The first-order chi connectivity index (χ1) is 5.88. The molecule has 0 fully saturated rings. The van der Waals surface area contributed by atoms with Gasteiger partial charge in [-0.25, -0.2) is 9.67 Å². The molecule has 2 heterocycles. The summed E-state index contributed by atoms with van der Waals surface area (Å²) in [5.41, 5.74) is 6.36. The van der Waals surface area contributed by atoms with Crippen LogP contribution < -0.4 is 5.73 Å². The lowest BCUT2D eigenvalue weighted by Gasteiger charge is -2.01. The summed E-state index contributed by atoms with van der Waals surface area (Å²) in [4.78, 5) is 3.92. The first-order valence-electron chi connectivity index (χ1n) is 3.45. The van der Waals surface area contributed by atoms with E-state index in [9.17, 15) is 0 Å². The average molecular weight is 161 g/mol. The van der Waals surface area contributed by atoms with E-state index in [1.165, 1.54) is 0 Å². The number of hydrogen-bond donors (Lipinski definition) is 1. The fourth-order valence-electron chi connectivity index (χ4n) is 0.939. The van der Waals surface area contributed by atoms with E-state index >= 15 is 0 Å². The zero-order valence-electron chi connectivity index (χ0n) is 6.25. The SMILES string of the molecule is Nc1ncccc1-n1ccnn1. The van der Waals surface area contributed by atoms with Crippen LogP contribution in [-0.4, -0.2) is 20.0 Å². The Labute approximate surface area is 68.8 Å². The van der Waals surface area contributed by atoms with Gasteiger partial charge in [-0.05, 0) is 12.1 Å². The van der Waals surface area contributed by atoms with E-state index in [0.29, 0.717) is 5.82 Å². The Bertz CT molecular complexity index is 367. The third-order valence-electron chi connectivity index (χ3n) is 1.49. The summed E-state index contributed by atoms with van der Waals surface area (Å²) < 4.78 is 1.57. The second-order valence-electron chi connectivity index (χ2n) is 2.26. The predicted octanol–water partition coefficient (Wildman–Crippen LogP) is 0.244. The molecule has 0 aliphatic carbocycles. The Morgan fingerprint density at radius 2 is 2.25 bits per heavy atom. The summed E-state index contributed by atoms with van der Waals surface area (Å²) in [5, 5.41) is 7.46. The normalized spacial score (nSPS) is 10.0. The Hall–Kier alpha value is -1.91. The first-order valence-corrected chi connectivity index (χ1v) is 3.45. The van der Waals surface area contributed by atoms with Gasteiger partial charge in [0.15, 0.2) is 0 Å². The van der Waals surface area contributed by atoms with E-state index < -0.39 is 0 Å². The van der Waals surface area contributed by atoms with E-state index in [-0.39, 0.29) is 0 Å². The van der Waals surface area contributed by atoms with Crippen LogP contribution in [0.3, 0.4) is 0 Å². The zero-order valence-corrected chi connectivity index (χ0v) is 6.25. The molecular formula is C7H7N5.